The molecule has 0 aliphatic heterocycles. The molecule has 2 N–H and O–H groups in total. The summed E-state index contributed by atoms with van der Waals surface area (Å²) in [5.41, 5.74) is 1.06. The predicted octanol–water partition coefficient (Wildman–Crippen LogP) is 1.35. The summed E-state index contributed by atoms with van der Waals surface area (Å²) in [4.78, 5) is 11.7. The van der Waals surface area contributed by atoms with Crippen LogP contribution in [0.25, 0.3) is 0 Å². The Kier molecular flexibility index (Phi) is 8.25. The smallest absolute Gasteiger partial charge is 0.258 e. The van der Waals surface area contributed by atoms with E-state index in [2.05, 4.69) is 10.0 Å². The number of ether oxygens (including phenoxy) is 2. The van der Waals surface area contributed by atoms with Crippen LogP contribution in [-0.4, -0.2) is 47.7 Å². The van der Waals surface area contributed by atoms with Crippen molar-refractivity contribution in [3.05, 3.63) is 60.2 Å². The number of sulfonamides is 1. The topological polar surface area (TPSA) is 93.7 Å². The summed E-state index contributed by atoms with van der Waals surface area (Å²) in [6.45, 7) is 0.997. The van der Waals surface area contributed by atoms with E-state index in [4.69, 9.17) is 9.47 Å². The number of methoxy groups -OCH3 is 1. The summed E-state index contributed by atoms with van der Waals surface area (Å²) in [6, 6.07) is 15.6. The SMILES string of the molecule is COCCNC(=O)COc1ccc(S(=O)(=O)NCCc2ccccc2)cc1. The van der Waals surface area contributed by atoms with Gasteiger partial charge < -0.3 is 14.8 Å². The zero-order valence-electron chi connectivity index (χ0n) is 15.2. The van der Waals surface area contributed by atoms with E-state index in [1.807, 2.05) is 30.3 Å². The molecular weight excluding hydrogens is 368 g/mol. The highest BCUT2D eigenvalue weighted by Gasteiger charge is 2.13. The van der Waals surface area contributed by atoms with Crippen LogP contribution in [0.5, 0.6) is 5.75 Å². The minimum absolute atomic E-state index is 0.146. The lowest BCUT2D eigenvalue weighted by atomic mass is 10.2. The predicted molar refractivity (Wildman–Crippen MR) is 102 cm³/mol. The molecule has 1 amide bonds. The maximum Gasteiger partial charge on any atom is 0.258 e. The minimum Gasteiger partial charge on any atom is -0.484 e. The van der Waals surface area contributed by atoms with Crippen molar-refractivity contribution in [2.75, 3.05) is 33.4 Å². The molecule has 7 nitrogen and oxygen atoms in total. The molecule has 146 valence electrons. The summed E-state index contributed by atoms with van der Waals surface area (Å²) in [7, 11) is -2.04. The molecule has 0 radical (unpaired) electrons. The Labute approximate surface area is 159 Å². The lowest BCUT2D eigenvalue weighted by Gasteiger charge is -2.09. The first kappa shape index (κ1) is 20.9. The lowest BCUT2D eigenvalue weighted by Crippen LogP contribution is -2.31. The van der Waals surface area contributed by atoms with Crippen molar-refractivity contribution in [1.29, 1.82) is 0 Å². The van der Waals surface area contributed by atoms with E-state index in [0.717, 1.165) is 5.56 Å². The Morgan fingerprint density at radius 3 is 2.37 bits per heavy atom. The van der Waals surface area contributed by atoms with E-state index in [1.165, 1.54) is 24.3 Å². The Bertz CT molecular complexity index is 808. The molecule has 0 saturated carbocycles. The van der Waals surface area contributed by atoms with Crippen molar-refractivity contribution in [2.45, 2.75) is 11.3 Å². The third-order valence-electron chi connectivity index (χ3n) is 3.68. The van der Waals surface area contributed by atoms with Gasteiger partial charge in [-0.1, -0.05) is 30.3 Å². The highest BCUT2D eigenvalue weighted by atomic mass is 32.2. The van der Waals surface area contributed by atoms with Gasteiger partial charge in [0.2, 0.25) is 10.0 Å². The number of amides is 1. The highest BCUT2D eigenvalue weighted by Crippen LogP contribution is 2.16. The fraction of sp³-hybridized carbons (Fsp3) is 0.316. The van der Waals surface area contributed by atoms with E-state index in [0.29, 0.717) is 31.9 Å². The van der Waals surface area contributed by atoms with Gasteiger partial charge in [-0.25, -0.2) is 13.1 Å². The van der Waals surface area contributed by atoms with Gasteiger partial charge in [-0.05, 0) is 36.2 Å². The van der Waals surface area contributed by atoms with Crippen LogP contribution in [0.2, 0.25) is 0 Å². The second-order valence-electron chi connectivity index (χ2n) is 5.74. The monoisotopic (exact) mass is 392 g/mol. The van der Waals surface area contributed by atoms with Crippen molar-refractivity contribution < 1.29 is 22.7 Å². The third-order valence-corrected chi connectivity index (χ3v) is 5.16. The third kappa shape index (κ3) is 7.38. The Morgan fingerprint density at radius 1 is 1.00 bits per heavy atom. The van der Waals surface area contributed by atoms with Gasteiger partial charge in [0, 0.05) is 20.2 Å². The first-order valence-electron chi connectivity index (χ1n) is 8.53. The normalized spacial score (nSPS) is 11.1. The Balaban J connectivity index is 1.81. The molecule has 0 aliphatic carbocycles. The second-order valence-corrected chi connectivity index (χ2v) is 7.50. The molecule has 0 unspecified atom stereocenters. The van der Waals surface area contributed by atoms with Gasteiger partial charge in [-0.3, -0.25) is 4.79 Å². The van der Waals surface area contributed by atoms with Crippen molar-refractivity contribution in [3.63, 3.8) is 0 Å². The molecule has 0 atom stereocenters. The van der Waals surface area contributed by atoms with Crippen molar-refractivity contribution >= 4 is 15.9 Å². The molecule has 2 aromatic carbocycles. The molecule has 0 aromatic heterocycles. The van der Waals surface area contributed by atoms with Crippen LogP contribution < -0.4 is 14.8 Å². The molecule has 0 aliphatic rings. The average Bonchev–Trinajstić information content (AvgIpc) is 2.68. The minimum atomic E-state index is -3.59. The van der Waals surface area contributed by atoms with Gasteiger partial charge in [0.25, 0.3) is 5.91 Å². The van der Waals surface area contributed by atoms with Gasteiger partial charge in [0.1, 0.15) is 5.75 Å². The highest BCUT2D eigenvalue weighted by molar-refractivity contribution is 7.89. The van der Waals surface area contributed by atoms with Gasteiger partial charge in [-0.15, -0.1) is 0 Å². The molecular formula is C19H24N2O5S. The molecule has 8 heteroatoms. The maximum atomic E-state index is 12.3. The van der Waals surface area contributed by atoms with E-state index in [1.54, 1.807) is 7.11 Å². The van der Waals surface area contributed by atoms with Crippen LogP contribution >= 0.6 is 0 Å². The average molecular weight is 392 g/mol. The Hall–Kier alpha value is -2.42. The first-order chi connectivity index (χ1) is 13.0. The van der Waals surface area contributed by atoms with Crippen LogP contribution in [-0.2, 0) is 26.0 Å². The number of hydrogen-bond acceptors (Lipinski definition) is 5. The summed E-state index contributed by atoms with van der Waals surface area (Å²) in [6.07, 6.45) is 0.611. The van der Waals surface area contributed by atoms with E-state index < -0.39 is 10.0 Å². The summed E-state index contributed by atoms with van der Waals surface area (Å²) in [5, 5.41) is 2.63. The largest absolute Gasteiger partial charge is 0.484 e. The van der Waals surface area contributed by atoms with Crippen LogP contribution in [0.1, 0.15) is 5.56 Å². The molecule has 2 aromatic rings. The van der Waals surface area contributed by atoms with Gasteiger partial charge in [-0.2, -0.15) is 0 Å². The van der Waals surface area contributed by atoms with Gasteiger partial charge in [0.15, 0.2) is 6.61 Å². The van der Waals surface area contributed by atoms with Crippen molar-refractivity contribution in [2.24, 2.45) is 0 Å². The fourth-order valence-electron chi connectivity index (χ4n) is 2.27. The lowest BCUT2D eigenvalue weighted by molar-refractivity contribution is -0.123. The molecule has 0 fully saturated rings. The van der Waals surface area contributed by atoms with Crippen molar-refractivity contribution in [1.82, 2.24) is 10.0 Å². The quantitative estimate of drug-likeness (QED) is 0.563. The molecule has 0 heterocycles. The standard InChI is InChI=1S/C19H24N2O5S/c1-25-14-13-20-19(22)15-26-17-7-9-18(10-8-17)27(23,24)21-12-11-16-5-3-2-4-6-16/h2-10,21H,11-15H2,1H3,(H,20,22). The number of rotatable bonds is 11. The van der Waals surface area contributed by atoms with E-state index in [9.17, 15) is 13.2 Å². The number of carbonyl (C=O) groups excluding carboxylic acids is 1. The molecule has 0 saturated heterocycles. The number of hydrogen-bond donors (Lipinski definition) is 2. The number of carbonyl (C=O) groups is 1. The van der Waals surface area contributed by atoms with Crippen LogP contribution in [0.4, 0.5) is 0 Å². The molecule has 27 heavy (non-hydrogen) atoms. The molecule has 0 spiro atoms. The summed E-state index contributed by atoms with van der Waals surface area (Å²) in [5.74, 6) is 0.145. The fourth-order valence-corrected chi connectivity index (χ4v) is 3.30. The number of nitrogens with one attached hydrogen (secondary N) is 2. The molecule has 0 bridgehead atoms. The zero-order chi connectivity index (χ0) is 19.5. The van der Waals surface area contributed by atoms with Crippen LogP contribution in [0.3, 0.4) is 0 Å². The van der Waals surface area contributed by atoms with E-state index >= 15 is 0 Å². The van der Waals surface area contributed by atoms with Gasteiger partial charge in [0.05, 0.1) is 11.5 Å². The number of benzene rings is 2. The molecule has 2 rings (SSSR count). The van der Waals surface area contributed by atoms with E-state index in [-0.39, 0.29) is 17.4 Å². The van der Waals surface area contributed by atoms with Gasteiger partial charge >= 0.3 is 0 Å². The summed E-state index contributed by atoms with van der Waals surface area (Å²) < 4.78 is 37.4. The Morgan fingerprint density at radius 2 is 1.70 bits per heavy atom. The maximum absolute atomic E-state index is 12.3. The van der Waals surface area contributed by atoms with Crippen LogP contribution in [0.15, 0.2) is 59.5 Å². The second kappa shape index (κ2) is 10.7. The summed E-state index contributed by atoms with van der Waals surface area (Å²) >= 11 is 0. The van der Waals surface area contributed by atoms with Crippen molar-refractivity contribution in [3.8, 4) is 5.75 Å². The van der Waals surface area contributed by atoms with Crippen LogP contribution in [0, 0.1) is 0 Å². The first-order valence-corrected chi connectivity index (χ1v) is 10.0. The zero-order valence-corrected chi connectivity index (χ0v) is 16.0.